The van der Waals surface area contributed by atoms with Crippen LogP contribution in [-0.2, 0) is 6.42 Å². The molecule has 2 N–H and O–H groups in total. The predicted octanol–water partition coefficient (Wildman–Crippen LogP) is 1.39. The van der Waals surface area contributed by atoms with E-state index < -0.39 is 0 Å². The van der Waals surface area contributed by atoms with Crippen LogP contribution in [0.15, 0.2) is 30.5 Å². The molecule has 3 rings (SSSR count). The lowest BCUT2D eigenvalue weighted by Crippen LogP contribution is -2.26. The highest BCUT2D eigenvalue weighted by Crippen LogP contribution is 2.10. The molecule has 0 fully saturated rings. The smallest absolute Gasteiger partial charge is 0.272 e. The van der Waals surface area contributed by atoms with Gasteiger partial charge in [-0.2, -0.15) is 8.75 Å². The number of H-pyrrole nitrogens is 1. The number of amides is 1. The van der Waals surface area contributed by atoms with Gasteiger partial charge in [-0.3, -0.25) is 4.79 Å². The molecule has 6 nitrogen and oxygen atoms in total. The third-order valence-electron chi connectivity index (χ3n) is 2.68. The standard InChI is InChI=1S/C12H11N5OS/c18-12(10-7-14-19-17-10)13-6-5-11-15-8-3-1-2-4-9(8)16-11/h1-4,7H,5-6H2,(H,13,18)(H,15,16). The molecular formula is C12H11N5OS. The highest BCUT2D eigenvalue weighted by atomic mass is 32.1. The zero-order chi connectivity index (χ0) is 13.1. The molecule has 0 aliphatic carbocycles. The number of nitrogens with zero attached hydrogens (tertiary/aromatic N) is 3. The number of carbonyl (C=O) groups excluding carboxylic acids is 1. The molecular weight excluding hydrogens is 262 g/mol. The van der Waals surface area contributed by atoms with E-state index in [1.165, 1.54) is 6.20 Å². The van der Waals surface area contributed by atoms with E-state index in [0.29, 0.717) is 18.7 Å². The normalized spacial score (nSPS) is 10.7. The van der Waals surface area contributed by atoms with Gasteiger partial charge >= 0.3 is 0 Å². The molecule has 0 saturated heterocycles. The zero-order valence-corrected chi connectivity index (χ0v) is 10.8. The van der Waals surface area contributed by atoms with Gasteiger partial charge in [0.05, 0.1) is 29.0 Å². The van der Waals surface area contributed by atoms with Crippen molar-refractivity contribution in [1.82, 2.24) is 24.0 Å². The van der Waals surface area contributed by atoms with E-state index in [2.05, 4.69) is 24.0 Å². The number of benzene rings is 1. The molecule has 0 atom stereocenters. The molecule has 3 aromatic rings. The van der Waals surface area contributed by atoms with Gasteiger partial charge in [-0.25, -0.2) is 4.98 Å². The van der Waals surface area contributed by atoms with Gasteiger partial charge in [0, 0.05) is 13.0 Å². The lowest BCUT2D eigenvalue weighted by Gasteiger charge is -2.00. The molecule has 2 heterocycles. The number of hydrogen-bond acceptors (Lipinski definition) is 5. The largest absolute Gasteiger partial charge is 0.350 e. The van der Waals surface area contributed by atoms with Crippen LogP contribution in [0, 0.1) is 0 Å². The van der Waals surface area contributed by atoms with Crippen molar-refractivity contribution in [3.05, 3.63) is 42.0 Å². The third-order valence-corrected chi connectivity index (χ3v) is 3.16. The van der Waals surface area contributed by atoms with Crippen molar-refractivity contribution >= 4 is 28.7 Å². The summed E-state index contributed by atoms with van der Waals surface area (Å²) >= 11 is 1.02. The fraction of sp³-hybridized carbons (Fsp3) is 0.167. The summed E-state index contributed by atoms with van der Waals surface area (Å²) in [5.41, 5.74) is 2.30. The second kappa shape index (κ2) is 5.15. The molecule has 0 radical (unpaired) electrons. The number of rotatable bonds is 4. The first-order chi connectivity index (χ1) is 9.33. The number of aromatic amines is 1. The monoisotopic (exact) mass is 273 g/mol. The summed E-state index contributed by atoms with van der Waals surface area (Å²) in [7, 11) is 0. The van der Waals surface area contributed by atoms with Crippen molar-refractivity contribution in [2.75, 3.05) is 6.54 Å². The number of para-hydroxylation sites is 2. The number of hydrogen-bond donors (Lipinski definition) is 2. The third kappa shape index (κ3) is 2.60. The second-order valence-electron chi connectivity index (χ2n) is 4.00. The Hall–Kier alpha value is -2.28. The molecule has 2 aromatic heterocycles. The van der Waals surface area contributed by atoms with Crippen LogP contribution in [0.2, 0.25) is 0 Å². The number of nitrogens with one attached hydrogen (secondary N) is 2. The van der Waals surface area contributed by atoms with Gasteiger partial charge in [0.1, 0.15) is 5.82 Å². The number of carbonyl (C=O) groups is 1. The maximum atomic E-state index is 11.6. The molecule has 0 spiro atoms. The van der Waals surface area contributed by atoms with Crippen LogP contribution in [0.5, 0.6) is 0 Å². The van der Waals surface area contributed by atoms with Gasteiger partial charge in [0.25, 0.3) is 5.91 Å². The molecule has 0 unspecified atom stereocenters. The van der Waals surface area contributed by atoms with E-state index in [1.54, 1.807) is 0 Å². The van der Waals surface area contributed by atoms with Crippen LogP contribution in [0.3, 0.4) is 0 Å². The summed E-state index contributed by atoms with van der Waals surface area (Å²) in [4.78, 5) is 19.3. The van der Waals surface area contributed by atoms with Gasteiger partial charge in [-0.15, -0.1) is 0 Å². The molecule has 1 aromatic carbocycles. The molecule has 1 amide bonds. The van der Waals surface area contributed by atoms with E-state index in [4.69, 9.17) is 0 Å². The van der Waals surface area contributed by atoms with Gasteiger partial charge in [-0.05, 0) is 12.1 Å². The summed E-state index contributed by atoms with van der Waals surface area (Å²) in [5, 5.41) is 2.78. The van der Waals surface area contributed by atoms with Crippen molar-refractivity contribution < 1.29 is 4.79 Å². The molecule has 0 bridgehead atoms. The van der Waals surface area contributed by atoms with Crippen molar-refractivity contribution in [2.45, 2.75) is 6.42 Å². The highest BCUT2D eigenvalue weighted by molar-refractivity contribution is 6.99. The van der Waals surface area contributed by atoms with Crippen molar-refractivity contribution in [1.29, 1.82) is 0 Å². The zero-order valence-electron chi connectivity index (χ0n) is 9.96. The summed E-state index contributed by atoms with van der Waals surface area (Å²) < 4.78 is 7.66. The van der Waals surface area contributed by atoms with Crippen LogP contribution in [0.4, 0.5) is 0 Å². The summed E-state index contributed by atoms with van der Waals surface area (Å²) in [6.07, 6.45) is 2.11. The van der Waals surface area contributed by atoms with Crippen LogP contribution in [-0.4, -0.2) is 31.2 Å². The Labute approximate surface area is 113 Å². The predicted molar refractivity (Wildman–Crippen MR) is 72.0 cm³/mol. The van der Waals surface area contributed by atoms with Gasteiger partial charge in [0.15, 0.2) is 5.69 Å². The summed E-state index contributed by atoms with van der Waals surface area (Å²) in [5.74, 6) is 0.655. The highest BCUT2D eigenvalue weighted by Gasteiger charge is 2.08. The fourth-order valence-corrected chi connectivity index (χ4v) is 2.19. The Morgan fingerprint density at radius 1 is 1.37 bits per heavy atom. The van der Waals surface area contributed by atoms with E-state index >= 15 is 0 Å². The van der Waals surface area contributed by atoms with Gasteiger partial charge in [0.2, 0.25) is 0 Å². The quantitative estimate of drug-likeness (QED) is 0.752. The lowest BCUT2D eigenvalue weighted by molar-refractivity contribution is 0.0950. The number of fused-ring (bicyclic) bond motifs is 1. The first-order valence-electron chi connectivity index (χ1n) is 5.82. The molecule has 0 aliphatic heterocycles. The topological polar surface area (TPSA) is 83.6 Å². The average molecular weight is 273 g/mol. The molecule has 7 heteroatoms. The maximum absolute atomic E-state index is 11.6. The minimum absolute atomic E-state index is 0.204. The van der Waals surface area contributed by atoms with Crippen molar-refractivity contribution in [3.63, 3.8) is 0 Å². The Balaban J connectivity index is 1.59. The first-order valence-corrected chi connectivity index (χ1v) is 6.55. The average Bonchev–Trinajstić information content (AvgIpc) is 3.07. The van der Waals surface area contributed by atoms with Crippen LogP contribution < -0.4 is 5.32 Å². The summed E-state index contributed by atoms with van der Waals surface area (Å²) in [6.45, 7) is 0.510. The Morgan fingerprint density at radius 3 is 3.05 bits per heavy atom. The summed E-state index contributed by atoms with van der Waals surface area (Å²) in [6, 6.07) is 7.84. The molecule has 96 valence electrons. The lowest BCUT2D eigenvalue weighted by atomic mass is 10.3. The molecule has 0 aliphatic rings. The van der Waals surface area contributed by atoms with Crippen molar-refractivity contribution in [3.8, 4) is 0 Å². The molecule has 0 saturated carbocycles. The number of imidazole rings is 1. The van der Waals surface area contributed by atoms with E-state index in [1.807, 2.05) is 24.3 Å². The SMILES string of the molecule is O=C(NCCc1nc2ccccc2[nH]1)c1cnsn1. The van der Waals surface area contributed by atoms with Crippen molar-refractivity contribution in [2.24, 2.45) is 0 Å². The fourth-order valence-electron chi connectivity index (χ4n) is 1.77. The first kappa shape index (κ1) is 11.8. The minimum Gasteiger partial charge on any atom is -0.350 e. The van der Waals surface area contributed by atoms with E-state index in [0.717, 1.165) is 28.6 Å². The van der Waals surface area contributed by atoms with Gasteiger partial charge < -0.3 is 10.3 Å². The van der Waals surface area contributed by atoms with E-state index in [-0.39, 0.29) is 5.91 Å². The second-order valence-corrected chi connectivity index (χ2v) is 4.56. The van der Waals surface area contributed by atoms with Gasteiger partial charge in [-0.1, -0.05) is 12.1 Å². The Bertz CT molecular complexity index is 658. The van der Waals surface area contributed by atoms with E-state index in [9.17, 15) is 4.79 Å². The van der Waals surface area contributed by atoms with Crippen LogP contribution >= 0.6 is 11.7 Å². The Morgan fingerprint density at radius 2 is 2.26 bits per heavy atom. The minimum atomic E-state index is -0.204. The molecule has 19 heavy (non-hydrogen) atoms. The van der Waals surface area contributed by atoms with Crippen LogP contribution in [0.1, 0.15) is 16.3 Å². The van der Waals surface area contributed by atoms with Crippen LogP contribution in [0.25, 0.3) is 11.0 Å². The Kier molecular flexibility index (Phi) is 3.20. The number of aromatic nitrogens is 4. The maximum Gasteiger partial charge on any atom is 0.272 e.